The largest absolute Gasteiger partial charge is 0.495 e. The van der Waals surface area contributed by atoms with Gasteiger partial charge in [-0.3, -0.25) is 4.99 Å². The number of benzene rings is 2. The highest BCUT2D eigenvalue weighted by Gasteiger charge is 2.28. The van der Waals surface area contributed by atoms with E-state index in [1.807, 2.05) is 24.5 Å². The van der Waals surface area contributed by atoms with Crippen LogP contribution in [0.4, 0.5) is 0 Å². The van der Waals surface area contributed by atoms with Crippen LogP contribution in [0.2, 0.25) is 5.02 Å². The fourth-order valence-corrected chi connectivity index (χ4v) is 3.88. The van der Waals surface area contributed by atoms with Crippen molar-refractivity contribution < 1.29 is 4.74 Å². The van der Waals surface area contributed by atoms with E-state index in [9.17, 15) is 0 Å². The molecule has 2 aromatic carbocycles. The maximum Gasteiger partial charge on any atom is 0.137 e. The molecule has 1 unspecified atom stereocenters. The zero-order valence-electron chi connectivity index (χ0n) is 15.3. The molecule has 0 aromatic heterocycles. The van der Waals surface area contributed by atoms with Gasteiger partial charge in [0, 0.05) is 31.8 Å². The number of rotatable bonds is 4. The summed E-state index contributed by atoms with van der Waals surface area (Å²) in [7, 11) is 1.63. The third-order valence-corrected chi connectivity index (χ3v) is 5.26. The quantitative estimate of drug-likeness (QED) is 0.851. The highest BCUT2D eigenvalue weighted by atomic mass is 35.5. The van der Waals surface area contributed by atoms with Gasteiger partial charge in [-0.15, -0.1) is 0 Å². The molecule has 2 aliphatic rings. The number of hydrogen-bond donors (Lipinski definition) is 2. The van der Waals surface area contributed by atoms with Crippen molar-refractivity contribution in [3.8, 4) is 5.75 Å². The van der Waals surface area contributed by atoms with Crippen molar-refractivity contribution in [3.05, 3.63) is 70.5 Å². The molecule has 6 heteroatoms. The number of hydrogen-bond acceptors (Lipinski definition) is 5. The predicted octanol–water partition coefficient (Wildman–Crippen LogP) is 3.30. The summed E-state index contributed by atoms with van der Waals surface area (Å²) in [6.45, 7) is 3.83. The van der Waals surface area contributed by atoms with Gasteiger partial charge in [0.1, 0.15) is 17.6 Å². The van der Waals surface area contributed by atoms with Crippen molar-refractivity contribution >= 4 is 23.5 Å². The second kappa shape index (κ2) is 8.03. The minimum Gasteiger partial charge on any atom is -0.495 e. The van der Waals surface area contributed by atoms with Gasteiger partial charge >= 0.3 is 0 Å². The molecule has 5 nitrogen and oxygen atoms in total. The maximum absolute atomic E-state index is 6.45. The summed E-state index contributed by atoms with van der Waals surface area (Å²) < 4.78 is 5.33. The van der Waals surface area contributed by atoms with Gasteiger partial charge in [0.2, 0.25) is 0 Å². The van der Waals surface area contributed by atoms with E-state index in [4.69, 9.17) is 21.3 Å². The van der Waals surface area contributed by atoms with Gasteiger partial charge in [-0.1, -0.05) is 48.0 Å². The molecule has 1 atom stereocenters. The van der Waals surface area contributed by atoms with Crippen LogP contribution < -0.4 is 15.4 Å². The lowest BCUT2D eigenvalue weighted by atomic mass is 9.91. The number of halogens is 1. The molecule has 140 valence electrons. The van der Waals surface area contributed by atoms with Gasteiger partial charge in [0.05, 0.1) is 18.5 Å². The van der Waals surface area contributed by atoms with E-state index in [2.05, 4.69) is 45.9 Å². The average molecular weight is 383 g/mol. The number of ether oxygens (including phenoxy) is 1. The molecule has 2 aromatic rings. The van der Waals surface area contributed by atoms with E-state index in [1.165, 1.54) is 0 Å². The van der Waals surface area contributed by atoms with Gasteiger partial charge < -0.3 is 20.3 Å². The average Bonchev–Trinajstić information content (AvgIpc) is 2.74. The molecule has 0 bridgehead atoms. The first kappa shape index (κ1) is 17.9. The lowest BCUT2D eigenvalue weighted by Crippen LogP contribution is -2.46. The smallest absolute Gasteiger partial charge is 0.137 e. The summed E-state index contributed by atoms with van der Waals surface area (Å²) in [6.07, 6.45) is 1.81. The lowest BCUT2D eigenvalue weighted by Gasteiger charge is -2.36. The first-order valence-corrected chi connectivity index (χ1v) is 9.52. The molecule has 2 aliphatic heterocycles. The van der Waals surface area contributed by atoms with E-state index in [0.717, 1.165) is 48.7 Å². The number of aliphatic imine (C=N–C) groups is 1. The van der Waals surface area contributed by atoms with E-state index in [-0.39, 0.29) is 6.04 Å². The Morgan fingerprint density at radius 3 is 2.59 bits per heavy atom. The van der Waals surface area contributed by atoms with Crippen molar-refractivity contribution in [2.45, 2.75) is 6.04 Å². The summed E-state index contributed by atoms with van der Waals surface area (Å²) in [5.74, 6) is 1.77. The Labute approximate surface area is 164 Å². The molecule has 0 radical (unpaired) electrons. The molecule has 0 saturated carbocycles. The molecular formula is C21H23ClN4O. The summed E-state index contributed by atoms with van der Waals surface area (Å²) in [5.41, 5.74) is 3.34. The third-order valence-electron chi connectivity index (χ3n) is 4.96. The zero-order chi connectivity index (χ0) is 18.6. The summed E-state index contributed by atoms with van der Waals surface area (Å²) in [5, 5.41) is 7.41. The van der Waals surface area contributed by atoms with Gasteiger partial charge in [0.25, 0.3) is 0 Å². The van der Waals surface area contributed by atoms with Crippen LogP contribution in [0, 0.1) is 0 Å². The van der Waals surface area contributed by atoms with Gasteiger partial charge in [0.15, 0.2) is 0 Å². The van der Waals surface area contributed by atoms with Crippen LogP contribution in [0.1, 0.15) is 17.2 Å². The minimum atomic E-state index is -0.0817. The second-order valence-corrected chi connectivity index (χ2v) is 6.99. The summed E-state index contributed by atoms with van der Waals surface area (Å²) in [6, 6.07) is 16.2. The van der Waals surface area contributed by atoms with Gasteiger partial charge in [-0.25, -0.2) is 0 Å². The van der Waals surface area contributed by atoms with Crippen LogP contribution in [0.3, 0.4) is 0 Å². The van der Waals surface area contributed by atoms with E-state index in [1.54, 1.807) is 7.11 Å². The summed E-state index contributed by atoms with van der Waals surface area (Å²) in [4.78, 5) is 7.14. The van der Waals surface area contributed by atoms with Crippen molar-refractivity contribution in [2.75, 3.05) is 33.3 Å². The molecule has 2 heterocycles. The topological polar surface area (TPSA) is 48.9 Å². The van der Waals surface area contributed by atoms with Crippen LogP contribution in [-0.4, -0.2) is 44.5 Å². The molecule has 4 rings (SSSR count). The molecule has 0 amide bonds. The highest BCUT2D eigenvalue weighted by Crippen LogP contribution is 2.39. The molecule has 27 heavy (non-hydrogen) atoms. The Hall–Kier alpha value is -2.50. The van der Waals surface area contributed by atoms with Crippen molar-refractivity contribution in [3.63, 3.8) is 0 Å². The molecule has 1 saturated heterocycles. The third kappa shape index (κ3) is 3.66. The number of methoxy groups -OCH3 is 1. The Morgan fingerprint density at radius 1 is 1.11 bits per heavy atom. The molecule has 2 N–H and O–H groups in total. The van der Waals surface area contributed by atoms with Crippen molar-refractivity contribution in [1.29, 1.82) is 0 Å². The van der Waals surface area contributed by atoms with Crippen LogP contribution in [-0.2, 0) is 0 Å². The number of piperazine rings is 1. The van der Waals surface area contributed by atoms with Crippen molar-refractivity contribution in [1.82, 2.24) is 15.5 Å². The monoisotopic (exact) mass is 382 g/mol. The summed E-state index contributed by atoms with van der Waals surface area (Å²) >= 11 is 6.45. The molecule has 0 spiro atoms. The Balaban J connectivity index is 1.84. The van der Waals surface area contributed by atoms with Gasteiger partial charge in [-0.2, -0.15) is 0 Å². The first-order chi connectivity index (χ1) is 13.3. The maximum atomic E-state index is 6.45. The minimum absolute atomic E-state index is 0.0817. The number of nitrogens with one attached hydrogen (secondary N) is 2. The highest BCUT2D eigenvalue weighted by molar-refractivity contribution is 6.32. The second-order valence-electron chi connectivity index (χ2n) is 6.58. The van der Waals surface area contributed by atoms with E-state index < -0.39 is 0 Å². The predicted molar refractivity (Wildman–Crippen MR) is 110 cm³/mol. The Kier molecular flexibility index (Phi) is 5.32. The normalized spacial score (nSPS) is 19.8. The SMILES string of the molecule is COc1ccc(C2=C(N3CCNCC3)NC=NC2c2ccccc2)cc1Cl. The van der Waals surface area contributed by atoms with Crippen LogP contribution in [0.15, 0.2) is 59.3 Å². The standard InChI is InChI=1S/C21H23ClN4O/c1-27-18-8-7-16(13-17(18)22)19-20(15-5-3-2-4-6-15)24-14-25-21(19)26-11-9-23-10-12-26/h2-8,13-14,20,23H,9-12H2,1H3,(H,24,25). The molecular weight excluding hydrogens is 360 g/mol. The molecule has 1 fully saturated rings. The van der Waals surface area contributed by atoms with Crippen LogP contribution in [0.25, 0.3) is 5.57 Å². The Bertz CT molecular complexity index is 860. The zero-order valence-corrected chi connectivity index (χ0v) is 16.0. The van der Waals surface area contributed by atoms with Crippen molar-refractivity contribution in [2.24, 2.45) is 4.99 Å². The lowest BCUT2D eigenvalue weighted by molar-refractivity contribution is 0.289. The molecule has 0 aliphatic carbocycles. The van der Waals surface area contributed by atoms with Gasteiger partial charge in [-0.05, 0) is 23.3 Å². The van der Waals surface area contributed by atoms with E-state index in [0.29, 0.717) is 10.8 Å². The van der Waals surface area contributed by atoms with E-state index >= 15 is 0 Å². The fourth-order valence-electron chi connectivity index (χ4n) is 3.62. The number of nitrogens with zero attached hydrogens (tertiary/aromatic N) is 2. The van der Waals surface area contributed by atoms with Crippen LogP contribution in [0.5, 0.6) is 5.75 Å². The Morgan fingerprint density at radius 2 is 1.89 bits per heavy atom. The first-order valence-electron chi connectivity index (χ1n) is 9.15. The fraction of sp³-hybridized carbons (Fsp3) is 0.286. The van der Waals surface area contributed by atoms with Crippen LogP contribution >= 0.6 is 11.6 Å².